The van der Waals surface area contributed by atoms with Gasteiger partial charge < -0.3 is 0 Å². The van der Waals surface area contributed by atoms with Crippen molar-refractivity contribution in [3.8, 4) is 0 Å². The second-order valence-electron chi connectivity index (χ2n) is 4.00. The molecular weight excluding hydrogens is 148 g/mol. The van der Waals surface area contributed by atoms with Crippen molar-refractivity contribution in [3.63, 3.8) is 0 Å². The van der Waals surface area contributed by atoms with Gasteiger partial charge in [-0.15, -0.1) is 0 Å². The summed E-state index contributed by atoms with van der Waals surface area (Å²) < 4.78 is 0. The fraction of sp³-hybridized carbons (Fsp3) is 1.00. The highest BCUT2D eigenvalue weighted by atomic mass is 15.2. The molecule has 0 aromatic rings. The quantitative estimate of drug-likeness (QED) is 0.574. The van der Waals surface area contributed by atoms with E-state index in [-0.39, 0.29) is 0 Å². The van der Waals surface area contributed by atoms with Crippen molar-refractivity contribution < 1.29 is 0 Å². The molecule has 2 fully saturated rings. The van der Waals surface area contributed by atoms with Crippen LogP contribution >= 0.6 is 0 Å². The molecule has 0 bridgehead atoms. The lowest BCUT2D eigenvalue weighted by atomic mass is 9.94. The van der Waals surface area contributed by atoms with Crippen LogP contribution in [0, 0.1) is 0 Å². The lowest BCUT2D eigenvalue weighted by Gasteiger charge is -2.36. The van der Waals surface area contributed by atoms with E-state index < -0.39 is 0 Å². The van der Waals surface area contributed by atoms with E-state index in [2.05, 4.69) is 10.2 Å². The zero-order chi connectivity index (χ0) is 8.23. The molecule has 2 aliphatic rings. The SMILES string of the molecule is C1CCC(N2CC[N]CC2)CC1. The molecule has 0 spiro atoms. The van der Waals surface area contributed by atoms with Gasteiger partial charge in [-0.05, 0) is 12.8 Å². The third kappa shape index (κ3) is 1.99. The Kier molecular flexibility index (Phi) is 3.01. The first kappa shape index (κ1) is 8.52. The van der Waals surface area contributed by atoms with E-state index in [0.29, 0.717) is 0 Å². The molecule has 1 radical (unpaired) electrons. The van der Waals surface area contributed by atoms with Crippen LogP contribution in [0.5, 0.6) is 0 Å². The topological polar surface area (TPSA) is 17.3 Å². The molecule has 0 unspecified atom stereocenters. The molecule has 0 N–H and O–H groups in total. The predicted molar refractivity (Wildman–Crippen MR) is 50.3 cm³/mol. The van der Waals surface area contributed by atoms with Crippen LogP contribution < -0.4 is 5.32 Å². The van der Waals surface area contributed by atoms with Gasteiger partial charge in [-0.1, -0.05) is 19.3 Å². The van der Waals surface area contributed by atoms with Gasteiger partial charge >= 0.3 is 0 Å². The molecule has 0 amide bonds. The molecule has 69 valence electrons. The number of nitrogens with zero attached hydrogens (tertiary/aromatic N) is 2. The van der Waals surface area contributed by atoms with E-state index in [9.17, 15) is 0 Å². The van der Waals surface area contributed by atoms with Crippen molar-refractivity contribution in [1.82, 2.24) is 10.2 Å². The van der Waals surface area contributed by atoms with Crippen molar-refractivity contribution in [2.45, 2.75) is 38.1 Å². The summed E-state index contributed by atoms with van der Waals surface area (Å²) in [5.74, 6) is 0. The van der Waals surface area contributed by atoms with Crippen molar-refractivity contribution >= 4 is 0 Å². The van der Waals surface area contributed by atoms with Gasteiger partial charge in [-0.3, -0.25) is 4.90 Å². The normalized spacial score (nSPS) is 29.0. The third-order valence-electron chi connectivity index (χ3n) is 3.18. The first-order chi connectivity index (χ1) is 5.97. The molecule has 12 heavy (non-hydrogen) atoms. The molecule has 0 atom stereocenters. The van der Waals surface area contributed by atoms with E-state index in [1.807, 2.05) is 0 Å². The highest BCUT2D eigenvalue weighted by molar-refractivity contribution is 4.78. The Morgan fingerprint density at radius 2 is 1.58 bits per heavy atom. The monoisotopic (exact) mass is 167 g/mol. The number of hydrogen-bond acceptors (Lipinski definition) is 1. The number of piperazine rings is 1. The van der Waals surface area contributed by atoms with Crippen molar-refractivity contribution in [2.24, 2.45) is 0 Å². The van der Waals surface area contributed by atoms with E-state index in [1.54, 1.807) is 0 Å². The van der Waals surface area contributed by atoms with Gasteiger partial charge in [0.1, 0.15) is 0 Å². The van der Waals surface area contributed by atoms with Crippen LogP contribution in [0.25, 0.3) is 0 Å². The van der Waals surface area contributed by atoms with Gasteiger partial charge in [-0.2, -0.15) is 0 Å². The van der Waals surface area contributed by atoms with Gasteiger partial charge in [0.05, 0.1) is 0 Å². The van der Waals surface area contributed by atoms with Gasteiger partial charge in [-0.25, -0.2) is 5.32 Å². The van der Waals surface area contributed by atoms with Crippen molar-refractivity contribution in [2.75, 3.05) is 26.2 Å². The van der Waals surface area contributed by atoms with Gasteiger partial charge in [0, 0.05) is 32.2 Å². The minimum atomic E-state index is 0.911. The van der Waals surface area contributed by atoms with Crippen LogP contribution in [0.3, 0.4) is 0 Å². The van der Waals surface area contributed by atoms with E-state index in [1.165, 1.54) is 45.2 Å². The fourth-order valence-electron chi connectivity index (χ4n) is 2.43. The average Bonchev–Trinajstić information content (AvgIpc) is 2.21. The van der Waals surface area contributed by atoms with Crippen LogP contribution in [-0.4, -0.2) is 37.1 Å². The summed E-state index contributed by atoms with van der Waals surface area (Å²) in [5.41, 5.74) is 0. The summed E-state index contributed by atoms with van der Waals surface area (Å²) in [6, 6.07) is 0.911. The molecule has 2 rings (SSSR count). The third-order valence-corrected chi connectivity index (χ3v) is 3.18. The summed E-state index contributed by atoms with van der Waals surface area (Å²) in [6.45, 7) is 4.61. The molecule has 1 aliphatic carbocycles. The maximum Gasteiger partial charge on any atom is 0.0261 e. The van der Waals surface area contributed by atoms with Crippen LogP contribution in [0.2, 0.25) is 0 Å². The Hall–Kier alpha value is -0.0800. The lowest BCUT2D eigenvalue weighted by molar-refractivity contribution is 0.137. The summed E-state index contributed by atoms with van der Waals surface area (Å²) >= 11 is 0. The van der Waals surface area contributed by atoms with Gasteiger partial charge in [0.15, 0.2) is 0 Å². The Morgan fingerprint density at radius 1 is 0.917 bits per heavy atom. The molecule has 2 nitrogen and oxygen atoms in total. The number of rotatable bonds is 1. The molecule has 0 aromatic heterocycles. The second-order valence-corrected chi connectivity index (χ2v) is 4.00. The Bertz CT molecular complexity index is 108. The Balaban J connectivity index is 1.80. The smallest absolute Gasteiger partial charge is 0.0261 e. The van der Waals surface area contributed by atoms with Crippen LogP contribution in [0.1, 0.15) is 32.1 Å². The molecule has 2 heteroatoms. The fourth-order valence-corrected chi connectivity index (χ4v) is 2.43. The number of hydrogen-bond donors (Lipinski definition) is 0. The summed E-state index contributed by atoms with van der Waals surface area (Å²) in [7, 11) is 0. The molecule has 1 heterocycles. The van der Waals surface area contributed by atoms with Crippen LogP contribution in [0.15, 0.2) is 0 Å². The summed E-state index contributed by atoms with van der Waals surface area (Å²) in [5, 5.41) is 4.38. The highest BCUT2D eigenvalue weighted by Gasteiger charge is 2.22. The molecule has 1 saturated heterocycles. The van der Waals surface area contributed by atoms with Crippen molar-refractivity contribution in [3.05, 3.63) is 0 Å². The molecule has 1 aliphatic heterocycles. The highest BCUT2D eigenvalue weighted by Crippen LogP contribution is 2.22. The molecule has 0 aromatic carbocycles. The van der Waals surface area contributed by atoms with Gasteiger partial charge in [0.2, 0.25) is 0 Å². The zero-order valence-electron chi connectivity index (χ0n) is 7.84. The first-order valence-corrected chi connectivity index (χ1v) is 5.34. The predicted octanol–water partition coefficient (Wildman–Crippen LogP) is 1.24. The molecule has 1 saturated carbocycles. The molecular formula is C10H19N2. The summed E-state index contributed by atoms with van der Waals surface area (Å²) in [4.78, 5) is 2.66. The lowest BCUT2D eigenvalue weighted by Crippen LogP contribution is -2.46. The standard InChI is InChI=1S/C10H19N2/c1-2-4-10(5-3-1)12-8-6-11-7-9-12/h10H,1-9H2. The van der Waals surface area contributed by atoms with Crippen molar-refractivity contribution in [1.29, 1.82) is 0 Å². The Labute approximate surface area is 75.3 Å². The van der Waals surface area contributed by atoms with Crippen LogP contribution in [0.4, 0.5) is 0 Å². The minimum absolute atomic E-state index is 0.911. The van der Waals surface area contributed by atoms with Crippen LogP contribution in [-0.2, 0) is 0 Å². The maximum atomic E-state index is 4.38. The van der Waals surface area contributed by atoms with E-state index in [0.717, 1.165) is 19.1 Å². The Morgan fingerprint density at radius 3 is 2.25 bits per heavy atom. The second kappa shape index (κ2) is 4.24. The maximum absolute atomic E-state index is 4.38. The summed E-state index contributed by atoms with van der Waals surface area (Å²) in [6.07, 6.45) is 7.27. The minimum Gasteiger partial charge on any atom is -0.298 e. The van der Waals surface area contributed by atoms with E-state index in [4.69, 9.17) is 0 Å². The largest absolute Gasteiger partial charge is 0.298 e. The van der Waals surface area contributed by atoms with E-state index >= 15 is 0 Å². The van der Waals surface area contributed by atoms with Gasteiger partial charge in [0.25, 0.3) is 0 Å². The first-order valence-electron chi connectivity index (χ1n) is 5.34. The zero-order valence-corrected chi connectivity index (χ0v) is 7.84. The average molecular weight is 167 g/mol.